The van der Waals surface area contributed by atoms with E-state index >= 15 is 0 Å². The van der Waals surface area contributed by atoms with E-state index in [9.17, 15) is 17.3 Å². The quantitative estimate of drug-likeness (QED) is 0.131. The molecule has 0 bridgehead atoms. The molecule has 1 heterocycles. The standard InChI is InChI=1S/C30H29O3.BF4/c1-4-31-28-17-16-25(20-30(28)32-5-2)22(3)18-27-19-26(23-12-8-6-9-13-23)21-29(33-27)24-14-10-7-11-15-24;2-1(3,4)5/h6-21H,4-5H2,1-3H3;/q+1;-1/b22-18+;. The fourth-order valence-corrected chi connectivity index (χ4v) is 3.73. The first-order valence-corrected chi connectivity index (χ1v) is 12.2. The molecule has 0 aliphatic heterocycles. The largest absolute Gasteiger partial charge is 0.673 e. The number of rotatable bonds is 8. The van der Waals surface area contributed by atoms with E-state index in [0.29, 0.717) is 13.2 Å². The summed E-state index contributed by atoms with van der Waals surface area (Å²) in [6.45, 7) is 7.21. The van der Waals surface area contributed by atoms with Gasteiger partial charge in [-0.25, -0.2) is 4.42 Å². The van der Waals surface area contributed by atoms with Gasteiger partial charge in [0.25, 0.3) is 0 Å². The van der Waals surface area contributed by atoms with E-state index in [1.165, 1.54) is 0 Å². The number of allylic oxidation sites excluding steroid dienone is 1. The van der Waals surface area contributed by atoms with Crippen molar-refractivity contribution in [1.82, 2.24) is 0 Å². The van der Waals surface area contributed by atoms with Crippen LogP contribution in [0.15, 0.2) is 95.4 Å². The number of benzene rings is 3. The van der Waals surface area contributed by atoms with Crippen LogP contribution in [-0.4, -0.2) is 20.5 Å². The van der Waals surface area contributed by atoms with Gasteiger partial charge in [0.15, 0.2) is 11.5 Å². The summed E-state index contributed by atoms with van der Waals surface area (Å²) in [5.41, 5.74) is 5.44. The van der Waals surface area contributed by atoms with Crippen LogP contribution >= 0.6 is 0 Å². The van der Waals surface area contributed by atoms with Gasteiger partial charge in [-0.3, -0.25) is 0 Å². The molecule has 0 spiro atoms. The second-order valence-corrected chi connectivity index (χ2v) is 8.19. The van der Waals surface area contributed by atoms with Crippen molar-refractivity contribution < 1.29 is 31.2 Å². The Kier molecular flexibility index (Phi) is 10.1. The predicted octanol–water partition coefficient (Wildman–Crippen LogP) is 9.55. The minimum Gasteiger partial charge on any atom is -0.490 e. The van der Waals surface area contributed by atoms with Crippen LogP contribution in [0, 0.1) is 0 Å². The van der Waals surface area contributed by atoms with Gasteiger partial charge in [-0.1, -0.05) is 54.6 Å². The van der Waals surface area contributed by atoms with Crippen molar-refractivity contribution in [2.45, 2.75) is 20.8 Å². The zero-order chi connectivity index (χ0) is 27.5. The highest BCUT2D eigenvalue weighted by atomic mass is 19.5. The molecule has 0 aliphatic rings. The molecule has 3 aromatic carbocycles. The zero-order valence-corrected chi connectivity index (χ0v) is 21.5. The third kappa shape index (κ3) is 8.80. The molecular formula is C30H29BF4O3. The number of hydrogen-bond donors (Lipinski definition) is 0. The molecule has 8 heteroatoms. The predicted molar refractivity (Wildman–Crippen MR) is 146 cm³/mol. The van der Waals surface area contributed by atoms with Crippen molar-refractivity contribution in [1.29, 1.82) is 0 Å². The minimum atomic E-state index is -6.00. The Morgan fingerprint density at radius 3 is 1.84 bits per heavy atom. The molecule has 198 valence electrons. The van der Waals surface area contributed by atoms with Crippen LogP contribution in [0.4, 0.5) is 17.3 Å². The molecule has 0 atom stereocenters. The first-order valence-electron chi connectivity index (χ1n) is 12.2. The van der Waals surface area contributed by atoms with E-state index in [-0.39, 0.29) is 0 Å². The number of hydrogen-bond acceptors (Lipinski definition) is 2. The Bertz CT molecular complexity index is 1280. The lowest BCUT2D eigenvalue weighted by Crippen LogP contribution is -2.02. The summed E-state index contributed by atoms with van der Waals surface area (Å²) in [5, 5.41) is 0. The van der Waals surface area contributed by atoms with Crippen LogP contribution in [0.1, 0.15) is 32.1 Å². The summed E-state index contributed by atoms with van der Waals surface area (Å²) in [6.07, 6.45) is 2.07. The average Bonchev–Trinajstić information content (AvgIpc) is 2.90. The molecule has 4 rings (SSSR count). The molecule has 3 nitrogen and oxygen atoms in total. The van der Waals surface area contributed by atoms with Crippen LogP contribution < -0.4 is 9.47 Å². The molecule has 0 saturated heterocycles. The Morgan fingerprint density at radius 1 is 0.711 bits per heavy atom. The van der Waals surface area contributed by atoms with Gasteiger partial charge in [0.05, 0.1) is 30.9 Å². The third-order valence-electron chi connectivity index (χ3n) is 5.34. The van der Waals surface area contributed by atoms with Gasteiger partial charge < -0.3 is 26.7 Å². The highest BCUT2D eigenvalue weighted by Crippen LogP contribution is 2.33. The summed E-state index contributed by atoms with van der Waals surface area (Å²) in [4.78, 5) is 0. The molecule has 0 N–H and O–H groups in total. The second-order valence-electron chi connectivity index (χ2n) is 8.19. The van der Waals surface area contributed by atoms with Crippen LogP contribution in [-0.2, 0) is 0 Å². The summed E-state index contributed by atoms with van der Waals surface area (Å²) in [7, 11) is -6.00. The van der Waals surface area contributed by atoms with Gasteiger partial charge in [-0.15, -0.1) is 0 Å². The third-order valence-corrected chi connectivity index (χ3v) is 5.34. The van der Waals surface area contributed by atoms with Crippen LogP contribution in [0.2, 0.25) is 0 Å². The van der Waals surface area contributed by atoms with Crippen molar-refractivity contribution in [2.75, 3.05) is 13.2 Å². The Morgan fingerprint density at radius 2 is 1.26 bits per heavy atom. The van der Waals surface area contributed by atoms with E-state index in [4.69, 9.17) is 13.9 Å². The van der Waals surface area contributed by atoms with Crippen molar-refractivity contribution in [2.24, 2.45) is 0 Å². The maximum atomic E-state index is 9.75. The molecule has 0 aliphatic carbocycles. The van der Waals surface area contributed by atoms with Crippen molar-refractivity contribution >= 4 is 18.9 Å². The molecule has 0 amide bonds. The van der Waals surface area contributed by atoms with Crippen LogP contribution in [0.25, 0.3) is 34.1 Å². The van der Waals surface area contributed by atoms with Gasteiger partial charge in [0.2, 0.25) is 0 Å². The van der Waals surface area contributed by atoms with Gasteiger partial charge in [0.1, 0.15) is 0 Å². The van der Waals surface area contributed by atoms with Gasteiger partial charge in [-0.05, 0) is 61.7 Å². The maximum absolute atomic E-state index is 9.75. The number of halogens is 4. The minimum absolute atomic E-state index is 0.585. The van der Waals surface area contributed by atoms with E-state index in [1.54, 1.807) is 0 Å². The van der Waals surface area contributed by atoms with Crippen molar-refractivity contribution in [3.8, 4) is 33.9 Å². The molecule has 0 radical (unpaired) electrons. The SMILES string of the molecule is CCOc1ccc(/C(C)=C/c2cc(-c3ccccc3)cc(-c3ccccc3)[o+]2)cc1OCC.F[B-](F)(F)F. The smallest absolute Gasteiger partial charge is 0.490 e. The molecule has 1 aromatic heterocycles. The van der Waals surface area contributed by atoms with Gasteiger partial charge in [-0.2, -0.15) is 0 Å². The highest BCUT2D eigenvalue weighted by molar-refractivity contribution is 6.50. The van der Waals surface area contributed by atoms with E-state index < -0.39 is 7.25 Å². The summed E-state index contributed by atoms with van der Waals surface area (Å²) < 4.78 is 56.8. The van der Waals surface area contributed by atoms with Crippen LogP contribution in [0.5, 0.6) is 11.5 Å². The molecule has 0 unspecified atom stereocenters. The Balaban J connectivity index is 0.000000732. The molecule has 38 heavy (non-hydrogen) atoms. The fourth-order valence-electron chi connectivity index (χ4n) is 3.73. The monoisotopic (exact) mass is 524 g/mol. The van der Waals surface area contributed by atoms with Gasteiger partial charge >= 0.3 is 18.8 Å². The number of ether oxygens (including phenoxy) is 2. The van der Waals surface area contributed by atoms with E-state index in [2.05, 4.69) is 67.6 Å². The summed E-state index contributed by atoms with van der Waals surface area (Å²) in [6, 6.07) is 30.8. The average molecular weight is 524 g/mol. The lowest BCUT2D eigenvalue weighted by molar-refractivity contribution is 0.287. The summed E-state index contributed by atoms with van der Waals surface area (Å²) >= 11 is 0. The molecular weight excluding hydrogens is 495 g/mol. The molecule has 0 saturated carbocycles. The summed E-state index contributed by atoms with van der Waals surface area (Å²) in [5.74, 6) is 3.14. The van der Waals surface area contributed by atoms with Crippen LogP contribution in [0.3, 0.4) is 0 Å². The maximum Gasteiger partial charge on any atom is 0.673 e. The lowest BCUT2D eigenvalue weighted by Gasteiger charge is -2.12. The Labute approximate surface area is 220 Å². The topological polar surface area (TPSA) is 29.8 Å². The fraction of sp³-hybridized carbons (Fsp3) is 0.167. The first kappa shape index (κ1) is 28.5. The van der Waals surface area contributed by atoms with Gasteiger partial charge in [0, 0.05) is 11.6 Å². The highest BCUT2D eigenvalue weighted by Gasteiger charge is 2.21. The van der Waals surface area contributed by atoms with Crippen molar-refractivity contribution in [3.05, 3.63) is 102 Å². The first-order chi connectivity index (χ1) is 18.2. The molecule has 0 fully saturated rings. The van der Waals surface area contributed by atoms with Crippen molar-refractivity contribution in [3.63, 3.8) is 0 Å². The van der Waals surface area contributed by atoms with E-state index in [1.807, 2.05) is 50.2 Å². The molecule has 4 aromatic rings. The zero-order valence-electron chi connectivity index (χ0n) is 21.5. The second kappa shape index (κ2) is 13.5. The van der Waals surface area contributed by atoms with E-state index in [0.717, 1.165) is 50.8 Å². The lowest BCUT2D eigenvalue weighted by atomic mass is 10.0. The normalized spacial score (nSPS) is 11.4. The Hall–Kier alpha value is -4.07.